The molecule has 0 bridgehead atoms. The second kappa shape index (κ2) is 19.9. The maximum atomic E-state index is 14.2. The molecule has 3 aliphatic heterocycles. The van der Waals surface area contributed by atoms with Gasteiger partial charge in [-0.2, -0.15) is 0 Å². The van der Waals surface area contributed by atoms with Gasteiger partial charge in [0.05, 0.1) is 17.7 Å². The van der Waals surface area contributed by atoms with Crippen molar-refractivity contribution in [3.8, 4) is 0 Å². The largest absolute Gasteiger partial charge is 0.509 e. The van der Waals surface area contributed by atoms with Crippen LogP contribution in [0.15, 0.2) is 49.6 Å². The molecule has 0 aromatic heterocycles. The average molecular weight is 806 g/mol. The minimum absolute atomic E-state index is 0.0683. The Morgan fingerprint density at radius 3 is 1.56 bits per heavy atom. The molecule has 10 atom stereocenters. The van der Waals surface area contributed by atoms with Crippen molar-refractivity contribution in [2.75, 3.05) is 26.4 Å². The van der Waals surface area contributed by atoms with Crippen molar-refractivity contribution in [1.82, 2.24) is 4.90 Å². The molecule has 2 amide bonds. The predicted octanol–water partition coefficient (Wildman–Crippen LogP) is 1.32. The molecule has 0 aliphatic carbocycles. The van der Waals surface area contributed by atoms with Crippen molar-refractivity contribution >= 4 is 47.8 Å². The highest BCUT2D eigenvalue weighted by Gasteiger charge is 2.60. The minimum atomic E-state index is -2.01. The van der Waals surface area contributed by atoms with Gasteiger partial charge < -0.3 is 52.1 Å². The Balaban J connectivity index is 1.97. The number of hydrogen-bond acceptors (Lipinski definition) is 19. The monoisotopic (exact) mass is 805 g/mol. The lowest BCUT2D eigenvalue weighted by Crippen LogP contribution is -2.70. The summed E-state index contributed by atoms with van der Waals surface area (Å²) in [5, 5.41) is 0. The van der Waals surface area contributed by atoms with E-state index in [0.29, 0.717) is 4.90 Å². The van der Waals surface area contributed by atoms with Gasteiger partial charge in [0.25, 0.3) is 11.8 Å². The number of nitrogens with zero attached hydrogens (tertiary/aromatic N) is 1. The van der Waals surface area contributed by atoms with Crippen LogP contribution >= 0.6 is 0 Å². The molecule has 3 aliphatic rings. The summed E-state index contributed by atoms with van der Waals surface area (Å²) in [5.41, 5.74) is -0.137. The molecule has 57 heavy (non-hydrogen) atoms. The van der Waals surface area contributed by atoms with Gasteiger partial charge in [0, 0.05) is 34.6 Å². The van der Waals surface area contributed by atoms with Gasteiger partial charge in [0.15, 0.2) is 37.0 Å². The van der Waals surface area contributed by atoms with E-state index >= 15 is 0 Å². The fourth-order valence-corrected chi connectivity index (χ4v) is 6.30. The molecule has 3 heterocycles. The molecular formula is C37H43NO19. The molecule has 310 valence electrons. The maximum Gasteiger partial charge on any atom is 0.509 e. The van der Waals surface area contributed by atoms with Gasteiger partial charge in [-0.1, -0.05) is 30.9 Å². The zero-order chi connectivity index (χ0) is 42.0. The van der Waals surface area contributed by atoms with Crippen LogP contribution < -0.4 is 0 Å². The number of imide groups is 1. The third-order valence-electron chi connectivity index (χ3n) is 8.36. The summed E-state index contributed by atoms with van der Waals surface area (Å²) in [5.74, 6) is -6.18. The topological polar surface area (TPSA) is 241 Å². The van der Waals surface area contributed by atoms with E-state index < -0.39 is 122 Å². The van der Waals surface area contributed by atoms with Crippen LogP contribution in [0.4, 0.5) is 4.79 Å². The first-order valence-corrected chi connectivity index (χ1v) is 17.5. The maximum absolute atomic E-state index is 14.2. The molecule has 2 fully saturated rings. The van der Waals surface area contributed by atoms with Crippen molar-refractivity contribution in [2.24, 2.45) is 0 Å². The number of ether oxygens (including phenoxy) is 11. The fraction of sp³-hybridized carbons (Fsp3) is 0.514. The van der Waals surface area contributed by atoms with Crippen LogP contribution in [0.25, 0.3) is 0 Å². The van der Waals surface area contributed by atoms with Gasteiger partial charge >= 0.3 is 36.0 Å². The number of benzene rings is 1. The minimum Gasteiger partial charge on any atom is -0.463 e. The summed E-state index contributed by atoms with van der Waals surface area (Å²) >= 11 is 0. The van der Waals surface area contributed by atoms with E-state index in [0.717, 1.165) is 34.6 Å². The Hall–Kier alpha value is -5.70. The second-order valence-electron chi connectivity index (χ2n) is 12.6. The fourth-order valence-electron chi connectivity index (χ4n) is 6.30. The van der Waals surface area contributed by atoms with Crippen molar-refractivity contribution in [3.05, 3.63) is 60.7 Å². The Kier molecular flexibility index (Phi) is 15.4. The SMILES string of the molecule is C=CCOC(=O)O[C@H]1[C@H](OC(C)=O)[C@@H](COC(C)=O)O[C@@H](O[C@H]2[C@H](OC(C)=O)[C@H](OCC=C)O[C@@H](COC(C)=O)[C@H]2OC(C)=O)[C@@H]1N1C(=O)c2ccccc2C1=O. The molecule has 0 N–H and O–H groups in total. The van der Waals surface area contributed by atoms with Crippen LogP contribution in [-0.2, 0) is 76.1 Å². The first-order valence-electron chi connectivity index (χ1n) is 17.5. The van der Waals surface area contributed by atoms with Crippen LogP contribution in [0.1, 0.15) is 55.3 Å². The van der Waals surface area contributed by atoms with Gasteiger partial charge in [-0.3, -0.25) is 38.5 Å². The summed E-state index contributed by atoms with van der Waals surface area (Å²) < 4.78 is 62.5. The summed E-state index contributed by atoms with van der Waals surface area (Å²) in [7, 11) is 0. The third-order valence-corrected chi connectivity index (χ3v) is 8.36. The third kappa shape index (κ3) is 11.0. The highest BCUT2D eigenvalue weighted by atomic mass is 16.8. The Morgan fingerprint density at radius 2 is 1.09 bits per heavy atom. The van der Waals surface area contributed by atoms with Crippen molar-refractivity contribution in [3.63, 3.8) is 0 Å². The van der Waals surface area contributed by atoms with Crippen LogP contribution in [0, 0.1) is 0 Å². The standard InChI is InChI=1S/C37H43NO19/c1-8-14-47-36-32(53-22(7)43)31(29(52-21(6)42)26(55-36)17-50-19(4)40)56-35-27(38-33(44)23-12-10-11-13-24(23)34(38)45)30(57-37(46)48-15-9-2)28(51-20(5)41)25(54-35)16-49-18(3)39/h8-13,25-32,35-36H,1-2,14-17H2,3-7H3/t25-,26+,27-,28-,29-,30-,31-,32+,35+,36-/m1/s1. The lowest BCUT2D eigenvalue weighted by atomic mass is 9.93. The molecule has 20 nitrogen and oxygen atoms in total. The molecule has 0 spiro atoms. The van der Waals surface area contributed by atoms with E-state index in [1.54, 1.807) is 0 Å². The first kappa shape index (κ1) is 44.0. The molecule has 1 aromatic carbocycles. The number of esters is 5. The van der Waals surface area contributed by atoms with Gasteiger partial charge in [0.1, 0.15) is 44.2 Å². The van der Waals surface area contributed by atoms with E-state index in [-0.39, 0.29) is 24.3 Å². The van der Waals surface area contributed by atoms with Crippen molar-refractivity contribution < 1.29 is 90.5 Å². The second-order valence-corrected chi connectivity index (χ2v) is 12.6. The van der Waals surface area contributed by atoms with Gasteiger partial charge in [-0.25, -0.2) is 4.79 Å². The Labute approximate surface area is 326 Å². The van der Waals surface area contributed by atoms with E-state index in [1.807, 2.05) is 0 Å². The zero-order valence-electron chi connectivity index (χ0n) is 31.7. The molecule has 4 rings (SSSR count). The molecule has 20 heteroatoms. The molecule has 1 aromatic rings. The molecule has 0 saturated carbocycles. The number of carbonyl (C=O) groups excluding carboxylic acids is 8. The van der Waals surface area contributed by atoms with E-state index in [9.17, 15) is 38.4 Å². The zero-order valence-corrected chi connectivity index (χ0v) is 31.7. The molecule has 2 saturated heterocycles. The van der Waals surface area contributed by atoms with Crippen LogP contribution in [0.3, 0.4) is 0 Å². The molecular weight excluding hydrogens is 762 g/mol. The van der Waals surface area contributed by atoms with Crippen LogP contribution in [-0.4, -0.2) is 140 Å². The van der Waals surface area contributed by atoms with Gasteiger partial charge in [0.2, 0.25) is 0 Å². The Bertz CT molecular complexity index is 1690. The van der Waals surface area contributed by atoms with Gasteiger partial charge in [-0.05, 0) is 12.1 Å². The average Bonchev–Trinajstić information content (AvgIpc) is 3.39. The highest BCUT2D eigenvalue weighted by molar-refractivity contribution is 6.21. The van der Waals surface area contributed by atoms with E-state index in [2.05, 4.69) is 13.2 Å². The summed E-state index contributed by atoms with van der Waals surface area (Å²) in [6.45, 7) is 10.6. The molecule has 0 unspecified atom stereocenters. The highest BCUT2D eigenvalue weighted by Crippen LogP contribution is 2.39. The van der Waals surface area contributed by atoms with Crippen molar-refractivity contribution in [2.45, 2.75) is 96.0 Å². The molecule has 0 radical (unpaired) electrons. The summed E-state index contributed by atoms with van der Waals surface area (Å²) in [6, 6.07) is 3.83. The summed E-state index contributed by atoms with van der Waals surface area (Å²) in [6.07, 6.45) is -14.0. The summed E-state index contributed by atoms with van der Waals surface area (Å²) in [4.78, 5) is 104. The van der Waals surface area contributed by atoms with Gasteiger partial charge in [-0.15, -0.1) is 6.58 Å². The lowest BCUT2D eigenvalue weighted by molar-refractivity contribution is -0.351. The van der Waals surface area contributed by atoms with Crippen LogP contribution in [0.2, 0.25) is 0 Å². The number of carbonyl (C=O) groups is 8. The normalized spacial score (nSPS) is 27.9. The number of fused-ring (bicyclic) bond motifs is 1. The Morgan fingerprint density at radius 1 is 0.614 bits per heavy atom. The van der Waals surface area contributed by atoms with Crippen LogP contribution in [0.5, 0.6) is 0 Å². The first-order chi connectivity index (χ1) is 27.1. The van der Waals surface area contributed by atoms with Crippen molar-refractivity contribution in [1.29, 1.82) is 0 Å². The predicted molar refractivity (Wildman–Crippen MR) is 185 cm³/mol. The quantitative estimate of drug-likeness (QED) is 0.0990. The number of rotatable bonds is 16. The lowest BCUT2D eigenvalue weighted by Gasteiger charge is -2.50. The van der Waals surface area contributed by atoms with E-state index in [4.69, 9.17) is 52.1 Å². The van der Waals surface area contributed by atoms with E-state index in [1.165, 1.54) is 36.4 Å². The smallest absolute Gasteiger partial charge is 0.463 e. The number of hydrogen-bond donors (Lipinski definition) is 0. The number of amides is 2.